The Bertz CT molecular complexity index is 1000. The summed E-state index contributed by atoms with van der Waals surface area (Å²) in [7, 11) is 0. The maximum absolute atomic E-state index is 13.6. The van der Waals surface area contributed by atoms with Gasteiger partial charge in [0.1, 0.15) is 5.82 Å². The molecule has 0 bridgehead atoms. The molecule has 34 heavy (non-hydrogen) atoms. The highest BCUT2D eigenvalue weighted by atomic mass is 16.2. The second kappa shape index (κ2) is 9.84. The predicted octanol–water partition coefficient (Wildman–Crippen LogP) is 3.45. The molecule has 5 heterocycles. The largest absolute Gasteiger partial charge is 0.355 e. The summed E-state index contributed by atoms with van der Waals surface area (Å²) in [6.07, 6.45) is 15.4. The number of rotatable bonds is 3. The Kier molecular flexibility index (Phi) is 6.46. The molecule has 1 saturated carbocycles. The van der Waals surface area contributed by atoms with Crippen LogP contribution >= 0.6 is 0 Å². The molecule has 0 spiro atoms. The van der Waals surface area contributed by atoms with Crippen molar-refractivity contribution in [2.75, 3.05) is 44.2 Å². The van der Waals surface area contributed by atoms with Crippen molar-refractivity contribution in [3.05, 3.63) is 23.5 Å². The van der Waals surface area contributed by atoms with Crippen LogP contribution in [0.1, 0.15) is 69.0 Å². The van der Waals surface area contributed by atoms with Crippen molar-refractivity contribution in [3.8, 4) is 0 Å². The molecule has 1 N–H and O–H groups in total. The third-order valence-electron chi connectivity index (χ3n) is 9.02. The van der Waals surface area contributed by atoms with E-state index in [0.29, 0.717) is 5.91 Å². The average molecular weight is 465 g/mol. The van der Waals surface area contributed by atoms with Crippen molar-refractivity contribution in [1.82, 2.24) is 24.8 Å². The van der Waals surface area contributed by atoms with Gasteiger partial charge in [0.15, 0.2) is 5.65 Å². The normalized spacial score (nSPS) is 25.4. The van der Waals surface area contributed by atoms with Gasteiger partial charge in [-0.1, -0.05) is 32.1 Å². The maximum atomic E-state index is 13.6. The summed E-state index contributed by atoms with van der Waals surface area (Å²) in [5.74, 6) is 3.44. The maximum Gasteiger partial charge on any atom is 0.227 e. The molecule has 2 aromatic rings. The van der Waals surface area contributed by atoms with Crippen LogP contribution in [0.15, 0.2) is 12.3 Å². The van der Waals surface area contributed by atoms with Crippen LogP contribution in [0, 0.1) is 17.8 Å². The lowest BCUT2D eigenvalue weighted by Crippen LogP contribution is -2.48. The van der Waals surface area contributed by atoms with Crippen LogP contribution in [-0.2, 0) is 17.6 Å². The first-order valence-electron chi connectivity index (χ1n) is 13.9. The standard InChI is InChI=1S/C27H40N6O/c34-27(31-17-11-21(12-18-31)20-5-2-1-3-6-20)22-7-4-16-32(19-22)26-23-8-13-28-14-9-24(23)30-25-10-15-29-33(25)26/h10,15,20-22,28H,1-9,11-14,16-19H2. The Hall–Kier alpha value is -2.15. The third kappa shape index (κ3) is 4.32. The van der Waals surface area contributed by atoms with Gasteiger partial charge >= 0.3 is 0 Å². The zero-order chi connectivity index (χ0) is 22.9. The van der Waals surface area contributed by atoms with Gasteiger partial charge in [0.25, 0.3) is 0 Å². The minimum Gasteiger partial charge on any atom is -0.355 e. The van der Waals surface area contributed by atoms with Crippen molar-refractivity contribution >= 4 is 17.4 Å². The smallest absolute Gasteiger partial charge is 0.227 e. The van der Waals surface area contributed by atoms with E-state index in [1.165, 1.54) is 62.0 Å². The van der Waals surface area contributed by atoms with E-state index < -0.39 is 0 Å². The number of piperidine rings is 2. The molecule has 1 unspecified atom stereocenters. The molecular weight excluding hydrogens is 424 g/mol. The summed E-state index contributed by atoms with van der Waals surface area (Å²) in [6, 6.07) is 2.01. The van der Waals surface area contributed by atoms with E-state index in [1.807, 2.05) is 16.8 Å². The second-order valence-corrected chi connectivity index (χ2v) is 11.1. The van der Waals surface area contributed by atoms with Crippen LogP contribution in [0.5, 0.6) is 0 Å². The third-order valence-corrected chi connectivity index (χ3v) is 9.02. The number of nitrogens with zero attached hydrogens (tertiary/aromatic N) is 5. The zero-order valence-corrected chi connectivity index (χ0v) is 20.6. The second-order valence-electron chi connectivity index (χ2n) is 11.1. The molecule has 1 atom stereocenters. The number of carbonyl (C=O) groups is 1. The molecule has 3 fully saturated rings. The van der Waals surface area contributed by atoms with Crippen LogP contribution in [0.3, 0.4) is 0 Å². The molecule has 1 aliphatic carbocycles. The zero-order valence-electron chi connectivity index (χ0n) is 20.6. The van der Waals surface area contributed by atoms with Crippen molar-refractivity contribution in [1.29, 1.82) is 0 Å². The van der Waals surface area contributed by atoms with E-state index in [-0.39, 0.29) is 5.92 Å². The number of nitrogens with one attached hydrogen (secondary N) is 1. The summed E-state index contributed by atoms with van der Waals surface area (Å²) in [4.78, 5) is 23.2. The van der Waals surface area contributed by atoms with Gasteiger partial charge in [0.05, 0.1) is 17.8 Å². The lowest BCUT2D eigenvalue weighted by atomic mass is 9.75. The van der Waals surface area contributed by atoms with Crippen LogP contribution in [0.4, 0.5) is 5.82 Å². The summed E-state index contributed by atoms with van der Waals surface area (Å²) in [5.41, 5.74) is 3.45. The Labute approximate surface area is 203 Å². The molecule has 7 heteroatoms. The van der Waals surface area contributed by atoms with E-state index in [2.05, 4.69) is 20.2 Å². The van der Waals surface area contributed by atoms with Crippen molar-refractivity contribution in [2.24, 2.45) is 17.8 Å². The van der Waals surface area contributed by atoms with Crippen molar-refractivity contribution in [3.63, 3.8) is 0 Å². The topological polar surface area (TPSA) is 65.8 Å². The number of aromatic nitrogens is 3. The molecule has 0 radical (unpaired) electrons. The minimum atomic E-state index is 0.0957. The van der Waals surface area contributed by atoms with Crippen LogP contribution in [-0.4, -0.2) is 64.7 Å². The molecule has 184 valence electrons. The fraction of sp³-hybridized carbons (Fsp3) is 0.741. The van der Waals surface area contributed by atoms with Gasteiger partial charge in [0.2, 0.25) is 5.91 Å². The highest BCUT2D eigenvalue weighted by Crippen LogP contribution is 2.36. The molecular formula is C27H40N6O. The molecule has 3 aliphatic heterocycles. The predicted molar refractivity (Wildman–Crippen MR) is 134 cm³/mol. The van der Waals surface area contributed by atoms with E-state index in [9.17, 15) is 4.79 Å². The summed E-state index contributed by atoms with van der Waals surface area (Å²) < 4.78 is 2.02. The first-order chi connectivity index (χ1) is 16.8. The number of anilines is 1. The SMILES string of the molecule is O=C(C1CCCN(c2c3c(nc4ccnn24)CCNCC3)C1)N1CCC(C2CCCCC2)CC1. The lowest BCUT2D eigenvalue weighted by Gasteiger charge is -2.41. The minimum absolute atomic E-state index is 0.0957. The number of likely N-dealkylation sites (tertiary alicyclic amines) is 1. The number of fused-ring (bicyclic) bond motifs is 2. The molecule has 1 amide bonds. The van der Waals surface area contributed by atoms with Gasteiger partial charge in [-0.05, 0) is 50.5 Å². The van der Waals surface area contributed by atoms with Crippen LogP contribution in [0.2, 0.25) is 0 Å². The highest BCUT2D eigenvalue weighted by molar-refractivity contribution is 5.80. The van der Waals surface area contributed by atoms with E-state index in [1.54, 1.807) is 0 Å². The van der Waals surface area contributed by atoms with E-state index >= 15 is 0 Å². The Balaban J connectivity index is 1.17. The van der Waals surface area contributed by atoms with E-state index in [0.717, 1.165) is 82.4 Å². The van der Waals surface area contributed by atoms with Gasteiger partial charge in [-0.2, -0.15) is 9.61 Å². The fourth-order valence-corrected chi connectivity index (χ4v) is 7.17. The van der Waals surface area contributed by atoms with E-state index in [4.69, 9.17) is 4.98 Å². The van der Waals surface area contributed by atoms with Gasteiger partial charge in [-0.15, -0.1) is 0 Å². The fourth-order valence-electron chi connectivity index (χ4n) is 7.17. The number of amides is 1. The summed E-state index contributed by atoms with van der Waals surface area (Å²) in [5, 5.41) is 8.16. The Morgan fingerprint density at radius 3 is 2.56 bits per heavy atom. The molecule has 2 aromatic heterocycles. The van der Waals surface area contributed by atoms with Crippen molar-refractivity contribution < 1.29 is 4.79 Å². The summed E-state index contributed by atoms with van der Waals surface area (Å²) in [6.45, 7) is 5.68. The molecule has 2 saturated heterocycles. The number of hydrogen-bond acceptors (Lipinski definition) is 5. The van der Waals surface area contributed by atoms with Crippen molar-refractivity contribution in [2.45, 2.75) is 70.6 Å². The first-order valence-corrected chi connectivity index (χ1v) is 13.9. The van der Waals surface area contributed by atoms with Gasteiger partial charge in [0, 0.05) is 50.8 Å². The Morgan fingerprint density at radius 1 is 0.912 bits per heavy atom. The molecule has 7 nitrogen and oxygen atoms in total. The first kappa shape index (κ1) is 22.3. The molecule has 6 rings (SSSR count). The van der Waals surface area contributed by atoms with Crippen LogP contribution < -0.4 is 10.2 Å². The lowest BCUT2D eigenvalue weighted by molar-refractivity contribution is -0.137. The number of hydrogen-bond donors (Lipinski definition) is 1. The number of carbonyl (C=O) groups excluding carboxylic acids is 1. The highest BCUT2D eigenvalue weighted by Gasteiger charge is 2.35. The molecule has 4 aliphatic rings. The van der Waals surface area contributed by atoms with Crippen LogP contribution in [0.25, 0.3) is 5.65 Å². The molecule has 0 aromatic carbocycles. The monoisotopic (exact) mass is 464 g/mol. The van der Waals surface area contributed by atoms with Gasteiger partial charge < -0.3 is 15.1 Å². The average Bonchev–Trinajstić information content (AvgIpc) is 3.24. The Morgan fingerprint density at radius 2 is 1.71 bits per heavy atom. The van der Waals surface area contributed by atoms with Gasteiger partial charge in [-0.3, -0.25) is 4.79 Å². The quantitative estimate of drug-likeness (QED) is 0.754. The van der Waals surface area contributed by atoms with Gasteiger partial charge in [-0.25, -0.2) is 4.98 Å². The summed E-state index contributed by atoms with van der Waals surface area (Å²) >= 11 is 0.